The SMILES string of the molecule is COc1cc(OC)c(NC(=O)COC(=O)c2nc(-n3nc(C)cc3C)ccc2Cl)cc1Cl. The number of pyridine rings is 1. The zero-order valence-corrected chi connectivity index (χ0v) is 19.2. The summed E-state index contributed by atoms with van der Waals surface area (Å²) in [6, 6.07) is 8.01. The Labute approximate surface area is 194 Å². The first-order valence-corrected chi connectivity index (χ1v) is 10.1. The van der Waals surface area contributed by atoms with Crippen molar-refractivity contribution >= 4 is 40.8 Å². The largest absolute Gasteiger partial charge is 0.495 e. The number of aromatic nitrogens is 3. The molecule has 0 spiro atoms. The van der Waals surface area contributed by atoms with E-state index in [2.05, 4.69) is 15.4 Å². The van der Waals surface area contributed by atoms with E-state index in [4.69, 9.17) is 37.4 Å². The number of hydrogen-bond donors (Lipinski definition) is 1. The van der Waals surface area contributed by atoms with Gasteiger partial charge in [-0.3, -0.25) is 4.79 Å². The molecule has 0 aliphatic heterocycles. The predicted molar refractivity (Wildman–Crippen MR) is 119 cm³/mol. The molecule has 0 fully saturated rings. The van der Waals surface area contributed by atoms with E-state index in [1.54, 1.807) is 10.7 Å². The van der Waals surface area contributed by atoms with Gasteiger partial charge in [0.25, 0.3) is 5.91 Å². The molecule has 0 aliphatic carbocycles. The number of carbonyl (C=O) groups is 2. The van der Waals surface area contributed by atoms with Gasteiger partial charge in [0.2, 0.25) is 0 Å². The van der Waals surface area contributed by atoms with Gasteiger partial charge in [-0.2, -0.15) is 5.10 Å². The number of methoxy groups -OCH3 is 2. The summed E-state index contributed by atoms with van der Waals surface area (Å²) in [5.74, 6) is -0.352. The van der Waals surface area contributed by atoms with Crippen LogP contribution >= 0.6 is 23.2 Å². The summed E-state index contributed by atoms with van der Waals surface area (Å²) in [7, 11) is 2.89. The highest BCUT2D eigenvalue weighted by Crippen LogP contribution is 2.35. The Balaban J connectivity index is 1.71. The lowest BCUT2D eigenvalue weighted by Gasteiger charge is -2.13. The molecule has 0 unspecified atom stereocenters. The van der Waals surface area contributed by atoms with Gasteiger partial charge in [0.15, 0.2) is 18.1 Å². The topological polar surface area (TPSA) is 105 Å². The van der Waals surface area contributed by atoms with Crippen molar-refractivity contribution in [2.75, 3.05) is 26.1 Å². The molecule has 2 heterocycles. The summed E-state index contributed by atoms with van der Waals surface area (Å²) < 4.78 is 17.0. The predicted octanol–water partition coefficient (Wildman–Crippen LogP) is 4.00. The van der Waals surface area contributed by atoms with E-state index in [-0.39, 0.29) is 15.7 Å². The second-order valence-corrected chi connectivity index (χ2v) is 7.46. The second kappa shape index (κ2) is 9.88. The summed E-state index contributed by atoms with van der Waals surface area (Å²) in [4.78, 5) is 29.1. The zero-order valence-electron chi connectivity index (χ0n) is 17.7. The first kappa shape index (κ1) is 23.4. The average Bonchev–Trinajstić information content (AvgIpc) is 3.10. The number of carbonyl (C=O) groups excluding carboxylic acids is 2. The minimum Gasteiger partial charge on any atom is -0.495 e. The third-order valence-electron chi connectivity index (χ3n) is 4.33. The van der Waals surface area contributed by atoms with Crippen molar-refractivity contribution in [3.8, 4) is 17.3 Å². The molecular formula is C21H20Cl2N4O5. The molecule has 0 bridgehead atoms. The van der Waals surface area contributed by atoms with Crippen molar-refractivity contribution in [3.63, 3.8) is 0 Å². The fourth-order valence-corrected chi connectivity index (χ4v) is 3.32. The third-order valence-corrected chi connectivity index (χ3v) is 4.93. The number of nitrogens with one attached hydrogen (secondary N) is 1. The van der Waals surface area contributed by atoms with Crippen LogP contribution < -0.4 is 14.8 Å². The molecule has 11 heteroatoms. The number of benzene rings is 1. The van der Waals surface area contributed by atoms with E-state index in [0.29, 0.717) is 23.0 Å². The molecule has 0 aliphatic rings. The van der Waals surface area contributed by atoms with Crippen molar-refractivity contribution in [1.29, 1.82) is 0 Å². The molecule has 0 atom stereocenters. The van der Waals surface area contributed by atoms with Gasteiger partial charge in [-0.15, -0.1) is 0 Å². The van der Waals surface area contributed by atoms with E-state index >= 15 is 0 Å². The van der Waals surface area contributed by atoms with Crippen molar-refractivity contribution < 1.29 is 23.8 Å². The minimum atomic E-state index is -0.853. The molecule has 32 heavy (non-hydrogen) atoms. The Kier molecular flexibility index (Phi) is 7.22. The van der Waals surface area contributed by atoms with Crippen LogP contribution in [-0.2, 0) is 9.53 Å². The van der Waals surface area contributed by atoms with E-state index in [1.165, 1.54) is 32.4 Å². The summed E-state index contributed by atoms with van der Waals surface area (Å²) in [6.07, 6.45) is 0. The van der Waals surface area contributed by atoms with Gasteiger partial charge < -0.3 is 19.5 Å². The van der Waals surface area contributed by atoms with Crippen molar-refractivity contribution in [2.24, 2.45) is 0 Å². The number of nitrogens with zero attached hydrogens (tertiary/aromatic N) is 3. The van der Waals surface area contributed by atoms with Gasteiger partial charge in [0.1, 0.15) is 11.5 Å². The second-order valence-electron chi connectivity index (χ2n) is 6.65. The number of aryl methyl sites for hydroxylation is 2. The molecule has 0 saturated heterocycles. The van der Waals surface area contributed by atoms with E-state index < -0.39 is 18.5 Å². The number of anilines is 1. The third kappa shape index (κ3) is 5.12. The lowest BCUT2D eigenvalue weighted by Crippen LogP contribution is -2.22. The molecule has 3 rings (SSSR count). The first-order chi connectivity index (χ1) is 15.2. The lowest BCUT2D eigenvalue weighted by atomic mass is 10.2. The molecule has 1 amide bonds. The van der Waals surface area contributed by atoms with Crippen LogP contribution in [0.15, 0.2) is 30.3 Å². The van der Waals surface area contributed by atoms with Crippen LogP contribution in [0, 0.1) is 13.8 Å². The number of hydrogen-bond acceptors (Lipinski definition) is 7. The van der Waals surface area contributed by atoms with Crippen molar-refractivity contribution in [1.82, 2.24) is 14.8 Å². The van der Waals surface area contributed by atoms with E-state index in [1.807, 2.05) is 19.9 Å². The summed E-state index contributed by atoms with van der Waals surface area (Å²) in [6.45, 7) is 3.13. The maximum absolute atomic E-state index is 12.5. The molecular weight excluding hydrogens is 459 g/mol. The van der Waals surface area contributed by atoms with Crippen LogP contribution in [-0.4, -0.2) is 47.5 Å². The number of amides is 1. The lowest BCUT2D eigenvalue weighted by molar-refractivity contribution is -0.119. The fraction of sp³-hybridized carbons (Fsp3) is 0.238. The van der Waals surface area contributed by atoms with E-state index in [0.717, 1.165) is 11.4 Å². The maximum atomic E-state index is 12.5. The molecule has 168 valence electrons. The Morgan fingerprint density at radius 1 is 1.03 bits per heavy atom. The Morgan fingerprint density at radius 3 is 2.38 bits per heavy atom. The number of esters is 1. The van der Waals surface area contributed by atoms with Gasteiger partial charge in [-0.25, -0.2) is 14.5 Å². The zero-order chi connectivity index (χ0) is 23.4. The average molecular weight is 479 g/mol. The molecule has 1 N–H and O–H groups in total. The van der Waals surface area contributed by atoms with Gasteiger partial charge in [0.05, 0.1) is 35.6 Å². The Hall–Kier alpha value is -3.30. The standard InChI is InChI=1S/C21H20Cl2N4O5/c1-11-7-12(2)27(26-11)18-6-5-13(22)20(25-18)21(29)32-10-19(28)24-15-8-14(23)16(30-3)9-17(15)31-4/h5-9H,10H2,1-4H3,(H,24,28). The molecule has 3 aromatic rings. The number of ether oxygens (including phenoxy) is 3. The Morgan fingerprint density at radius 2 is 1.75 bits per heavy atom. The molecule has 9 nitrogen and oxygen atoms in total. The molecule has 1 aromatic carbocycles. The Bertz CT molecular complexity index is 1180. The van der Waals surface area contributed by atoms with Gasteiger partial charge in [-0.1, -0.05) is 23.2 Å². The monoisotopic (exact) mass is 478 g/mol. The summed E-state index contributed by atoms with van der Waals surface area (Å²) >= 11 is 12.2. The highest BCUT2D eigenvalue weighted by atomic mass is 35.5. The van der Waals surface area contributed by atoms with Crippen LogP contribution in [0.2, 0.25) is 10.0 Å². The highest BCUT2D eigenvalue weighted by molar-refractivity contribution is 6.33. The van der Waals surface area contributed by atoms with Gasteiger partial charge in [0, 0.05) is 11.8 Å². The summed E-state index contributed by atoms with van der Waals surface area (Å²) in [5, 5.41) is 7.27. The van der Waals surface area contributed by atoms with Crippen LogP contribution in [0.25, 0.3) is 5.82 Å². The van der Waals surface area contributed by atoms with Crippen LogP contribution in [0.3, 0.4) is 0 Å². The molecule has 2 aromatic heterocycles. The number of halogens is 2. The normalized spacial score (nSPS) is 10.6. The van der Waals surface area contributed by atoms with Crippen molar-refractivity contribution in [3.05, 3.63) is 57.5 Å². The van der Waals surface area contributed by atoms with E-state index in [9.17, 15) is 9.59 Å². The van der Waals surface area contributed by atoms with Crippen LogP contribution in [0.1, 0.15) is 21.9 Å². The summed E-state index contributed by atoms with van der Waals surface area (Å²) in [5.41, 5.74) is 1.80. The first-order valence-electron chi connectivity index (χ1n) is 9.32. The maximum Gasteiger partial charge on any atom is 0.359 e. The minimum absolute atomic E-state index is 0.0873. The van der Waals surface area contributed by atoms with Gasteiger partial charge >= 0.3 is 5.97 Å². The smallest absolute Gasteiger partial charge is 0.359 e. The molecule has 0 radical (unpaired) electrons. The van der Waals surface area contributed by atoms with Crippen LogP contribution in [0.5, 0.6) is 11.5 Å². The molecule has 0 saturated carbocycles. The quantitative estimate of drug-likeness (QED) is 0.511. The van der Waals surface area contributed by atoms with Crippen molar-refractivity contribution in [2.45, 2.75) is 13.8 Å². The number of rotatable bonds is 7. The van der Waals surface area contributed by atoms with Crippen LogP contribution in [0.4, 0.5) is 5.69 Å². The highest BCUT2D eigenvalue weighted by Gasteiger charge is 2.19. The van der Waals surface area contributed by atoms with Gasteiger partial charge in [-0.05, 0) is 38.1 Å². The fourth-order valence-electron chi connectivity index (χ4n) is 2.90.